The van der Waals surface area contributed by atoms with Crippen LogP contribution in [-0.2, 0) is 0 Å². The van der Waals surface area contributed by atoms with Gasteiger partial charge in [-0.2, -0.15) is 0 Å². The molecule has 0 aromatic heterocycles. The Hall–Kier alpha value is 0. The van der Waals surface area contributed by atoms with Crippen molar-refractivity contribution in [3.63, 3.8) is 0 Å². The van der Waals surface area contributed by atoms with E-state index in [0.29, 0.717) is 5.41 Å². The minimum absolute atomic E-state index is 0.667. The fraction of sp³-hybridized carbons (Fsp3) is 1.00. The molecule has 0 aliphatic heterocycles. The lowest BCUT2D eigenvalue weighted by Gasteiger charge is -2.33. The second-order valence-corrected chi connectivity index (χ2v) is 7.44. The highest BCUT2D eigenvalue weighted by atomic mass is 14.3. The molecule has 128 valence electrons. The summed E-state index contributed by atoms with van der Waals surface area (Å²) in [5, 5.41) is 0. The summed E-state index contributed by atoms with van der Waals surface area (Å²) in [5.41, 5.74) is 0.667. The van der Waals surface area contributed by atoms with Crippen LogP contribution in [0.3, 0.4) is 0 Å². The first-order chi connectivity index (χ1) is 10.0. The van der Waals surface area contributed by atoms with Gasteiger partial charge in [0.1, 0.15) is 0 Å². The Morgan fingerprint density at radius 3 is 0.857 bits per heavy atom. The predicted molar refractivity (Wildman–Crippen MR) is 98.8 cm³/mol. The van der Waals surface area contributed by atoms with Crippen LogP contribution in [0.2, 0.25) is 0 Å². The van der Waals surface area contributed by atoms with Crippen LogP contribution in [0, 0.1) is 23.2 Å². The fourth-order valence-electron chi connectivity index (χ4n) is 4.20. The van der Waals surface area contributed by atoms with E-state index in [9.17, 15) is 0 Å². The molecule has 0 unspecified atom stereocenters. The van der Waals surface area contributed by atoms with Crippen molar-refractivity contribution in [2.24, 2.45) is 23.2 Å². The van der Waals surface area contributed by atoms with Crippen molar-refractivity contribution in [3.8, 4) is 0 Å². The maximum absolute atomic E-state index is 2.36. The minimum atomic E-state index is 0.667. The van der Waals surface area contributed by atoms with Crippen LogP contribution in [0.5, 0.6) is 0 Å². The Bertz CT molecular complexity index is 179. The Balaban J connectivity index is 0.000000400. The van der Waals surface area contributed by atoms with Crippen molar-refractivity contribution in [2.45, 2.75) is 113 Å². The first-order valence-electron chi connectivity index (χ1n) is 10.0. The molecule has 21 heavy (non-hydrogen) atoms. The van der Waals surface area contributed by atoms with E-state index in [1.165, 1.54) is 64.2 Å². The average molecular weight is 297 g/mol. The second-order valence-electron chi connectivity index (χ2n) is 7.44. The van der Waals surface area contributed by atoms with Gasteiger partial charge in [0.2, 0.25) is 0 Å². The van der Waals surface area contributed by atoms with Gasteiger partial charge in [-0.1, -0.05) is 93.4 Å². The van der Waals surface area contributed by atoms with Gasteiger partial charge in [0, 0.05) is 0 Å². The topological polar surface area (TPSA) is 0 Å². The van der Waals surface area contributed by atoms with Crippen LogP contribution in [0.4, 0.5) is 0 Å². The van der Waals surface area contributed by atoms with E-state index in [4.69, 9.17) is 0 Å². The molecule has 0 N–H and O–H groups in total. The molecule has 0 aromatic carbocycles. The third-order valence-electron chi connectivity index (χ3n) is 6.73. The molecule has 0 bridgehead atoms. The summed E-state index contributed by atoms with van der Waals surface area (Å²) in [5.74, 6) is 3.15. The molecule has 0 atom stereocenters. The van der Waals surface area contributed by atoms with E-state index in [1.807, 2.05) is 0 Å². The Labute approximate surface area is 136 Å². The molecule has 0 aromatic rings. The van der Waals surface area contributed by atoms with Gasteiger partial charge in [0.15, 0.2) is 0 Å². The highest BCUT2D eigenvalue weighted by Crippen LogP contribution is 2.37. The van der Waals surface area contributed by atoms with Crippen LogP contribution in [0.15, 0.2) is 0 Å². The molecule has 0 spiro atoms. The van der Waals surface area contributed by atoms with Gasteiger partial charge in [-0.15, -0.1) is 0 Å². The first kappa shape index (κ1) is 21.0. The van der Waals surface area contributed by atoms with Crippen LogP contribution < -0.4 is 0 Å². The van der Waals surface area contributed by atoms with Gasteiger partial charge in [-0.25, -0.2) is 0 Å². The monoisotopic (exact) mass is 296 g/mol. The van der Waals surface area contributed by atoms with Crippen LogP contribution >= 0.6 is 0 Å². The summed E-state index contributed by atoms with van der Waals surface area (Å²) in [4.78, 5) is 0. The summed E-state index contributed by atoms with van der Waals surface area (Å²) in [6, 6.07) is 0. The predicted octanol–water partition coefficient (Wildman–Crippen LogP) is 7.86. The summed E-state index contributed by atoms with van der Waals surface area (Å²) < 4.78 is 0. The quantitative estimate of drug-likeness (QED) is 0.448. The third-order valence-corrected chi connectivity index (χ3v) is 6.73. The third kappa shape index (κ3) is 7.20. The Morgan fingerprint density at radius 2 is 0.762 bits per heavy atom. The summed E-state index contributed by atoms with van der Waals surface area (Å²) in [6.45, 7) is 16.3. The summed E-state index contributed by atoms with van der Waals surface area (Å²) in [6.07, 6.45) is 14.2. The zero-order chi connectivity index (χ0) is 16.3. The van der Waals surface area contributed by atoms with Crippen molar-refractivity contribution < 1.29 is 0 Å². The molecule has 0 nitrogen and oxygen atoms in total. The minimum Gasteiger partial charge on any atom is -0.0651 e. The molecule has 1 fully saturated rings. The molecule has 1 rings (SSSR count). The van der Waals surface area contributed by atoms with Gasteiger partial charge < -0.3 is 0 Å². The fourth-order valence-corrected chi connectivity index (χ4v) is 4.20. The molecule has 0 heteroatoms. The van der Waals surface area contributed by atoms with E-state index < -0.39 is 0 Å². The van der Waals surface area contributed by atoms with Gasteiger partial charge >= 0.3 is 0 Å². The summed E-state index contributed by atoms with van der Waals surface area (Å²) >= 11 is 0. The molecule has 0 heterocycles. The molecule has 0 radical (unpaired) electrons. The van der Waals surface area contributed by atoms with E-state index in [0.717, 1.165) is 17.8 Å². The lowest BCUT2D eigenvalue weighted by Crippen LogP contribution is -2.21. The maximum Gasteiger partial charge on any atom is -0.0308 e. The van der Waals surface area contributed by atoms with Crippen LogP contribution in [0.25, 0.3) is 0 Å². The maximum atomic E-state index is 2.36. The van der Waals surface area contributed by atoms with Crippen molar-refractivity contribution in [2.75, 3.05) is 0 Å². The lowest BCUT2D eigenvalue weighted by molar-refractivity contribution is 0.183. The van der Waals surface area contributed by atoms with E-state index in [2.05, 4.69) is 48.5 Å². The average Bonchev–Trinajstić information content (AvgIpc) is 2.57. The second kappa shape index (κ2) is 11.6. The van der Waals surface area contributed by atoms with Crippen molar-refractivity contribution in [1.82, 2.24) is 0 Å². The highest BCUT2D eigenvalue weighted by molar-refractivity contribution is 4.77. The van der Waals surface area contributed by atoms with Crippen molar-refractivity contribution in [1.29, 1.82) is 0 Å². The smallest absolute Gasteiger partial charge is 0.0308 e. The van der Waals surface area contributed by atoms with Gasteiger partial charge in [0.25, 0.3) is 0 Å². The SMILES string of the molecule is CCC(CC)(CC)CC.CCC1CC(CC)CC(CC)C1. The van der Waals surface area contributed by atoms with Crippen LogP contribution in [0.1, 0.15) is 113 Å². The largest absolute Gasteiger partial charge is 0.0651 e. The molecular weight excluding hydrogens is 252 g/mol. The Morgan fingerprint density at radius 1 is 0.524 bits per heavy atom. The highest BCUT2D eigenvalue weighted by Gasteiger charge is 2.25. The standard InChI is InChI=1S/C12H24.C9H20/c1-4-10-7-11(5-2)9-12(6-3)8-10;1-5-9(6-2,7-3)8-4/h10-12H,4-9H2,1-3H3;5-8H2,1-4H3. The molecule has 1 saturated carbocycles. The van der Waals surface area contributed by atoms with Gasteiger partial charge in [-0.3, -0.25) is 0 Å². The van der Waals surface area contributed by atoms with E-state index in [-0.39, 0.29) is 0 Å². The number of rotatable bonds is 7. The zero-order valence-electron chi connectivity index (χ0n) is 16.3. The van der Waals surface area contributed by atoms with Crippen LogP contribution in [-0.4, -0.2) is 0 Å². The number of hydrogen-bond acceptors (Lipinski definition) is 0. The van der Waals surface area contributed by atoms with Crippen molar-refractivity contribution in [3.05, 3.63) is 0 Å². The number of hydrogen-bond donors (Lipinski definition) is 0. The normalized spacial score (nSPS) is 26.1. The Kier molecular flexibility index (Phi) is 11.6. The molecule has 0 amide bonds. The van der Waals surface area contributed by atoms with Crippen molar-refractivity contribution >= 4 is 0 Å². The van der Waals surface area contributed by atoms with Gasteiger partial charge in [0.05, 0.1) is 0 Å². The molecule has 0 saturated heterocycles. The van der Waals surface area contributed by atoms with E-state index in [1.54, 1.807) is 0 Å². The molecule has 1 aliphatic rings. The van der Waals surface area contributed by atoms with E-state index >= 15 is 0 Å². The zero-order valence-corrected chi connectivity index (χ0v) is 16.3. The molecule has 1 aliphatic carbocycles. The van der Waals surface area contributed by atoms with Gasteiger partial charge in [-0.05, 0) is 42.4 Å². The lowest BCUT2D eigenvalue weighted by atomic mass is 9.72. The first-order valence-corrected chi connectivity index (χ1v) is 10.0. The molecular formula is C21H44. The summed E-state index contributed by atoms with van der Waals surface area (Å²) in [7, 11) is 0.